The third-order valence-electron chi connectivity index (χ3n) is 6.07. The predicted molar refractivity (Wildman–Crippen MR) is 107 cm³/mol. The summed E-state index contributed by atoms with van der Waals surface area (Å²) in [6.45, 7) is 2.02. The van der Waals surface area contributed by atoms with E-state index in [-0.39, 0.29) is 42.2 Å². The van der Waals surface area contributed by atoms with Crippen LogP contribution in [-0.2, 0) is 5.41 Å². The maximum Gasteiger partial charge on any atom is 0.273 e. The first-order chi connectivity index (χ1) is 13.6. The fourth-order valence-electron chi connectivity index (χ4n) is 4.54. The smallest absolute Gasteiger partial charge is 0.273 e. The predicted octanol–water partition coefficient (Wildman–Crippen LogP) is 3.14. The summed E-state index contributed by atoms with van der Waals surface area (Å²) in [6, 6.07) is 4.17. The number of hydrogen-bond donors (Lipinski definition) is 2. The van der Waals surface area contributed by atoms with Gasteiger partial charge in [-0.3, -0.25) is 4.79 Å². The van der Waals surface area contributed by atoms with Crippen molar-refractivity contribution in [2.45, 2.75) is 50.0 Å². The summed E-state index contributed by atoms with van der Waals surface area (Å²) in [5.41, 5.74) is -0.386. The molecule has 1 saturated heterocycles. The van der Waals surface area contributed by atoms with Crippen molar-refractivity contribution < 1.29 is 13.6 Å². The molecule has 0 bridgehead atoms. The maximum atomic E-state index is 14.4. The molecule has 2 heterocycles. The normalized spacial score (nSPS) is 19.0. The second kappa shape index (κ2) is 9.17. The summed E-state index contributed by atoms with van der Waals surface area (Å²) in [4.78, 5) is 12.6. The van der Waals surface area contributed by atoms with Gasteiger partial charge >= 0.3 is 0 Å². The molecule has 0 spiro atoms. The molecule has 29 heavy (non-hydrogen) atoms. The molecule has 1 aliphatic heterocycles. The highest BCUT2D eigenvalue weighted by molar-refractivity contribution is 5.91. The molecule has 1 amide bonds. The molecule has 1 aromatic heterocycles. The van der Waals surface area contributed by atoms with Gasteiger partial charge in [-0.05, 0) is 50.9 Å². The minimum Gasteiger partial charge on any atom is -0.350 e. The van der Waals surface area contributed by atoms with Crippen LogP contribution in [0.25, 0.3) is 0 Å². The second-order valence-corrected chi connectivity index (χ2v) is 7.83. The van der Waals surface area contributed by atoms with Crippen molar-refractivity contribution in [1.82, 2.24) is 25.6 Å². The summed E-state index contributed by atoms with van der Waals surface area (Å²) < 4.78 is 30.6. The summed E-state index contributed by atoms with van der Waals surface area (Å²) in [5, 5.41) is 14.2. The zero-order valence-corrected chi connectivity index (χ0v) is 17.0. The Morgan fingerprint density at radius 3 is 2.52 bits per heavy atom. The number of piperidine rings is 1. The lowest BCUT2D eigenvalue weighted by molar-refractivity contribution is 0.0937. The Morgan fingerprint density at radius 2 is 1.86 bits per heavy atom. The van der Waals surface area contributed by atoms with Crippen LogP contribution >= 0.6 is 12.4 Å². The van der Waals surface area contributed by atoms with Crippen LogP contribution in [0.2, 0.25) is 0 Å². The molecule has 2 aromatic rings. The molecule has 4 rings (SSSR count). The molecule has 2 fully saturated rings. The second-order valence-electron chi connectivity index (χ2n) is 7.83. The van der Waals surface area contributed by atoms with Gasteiger partial charge in [0.2, 0.25) is 0 Å². The van der Waals surface area contributed by atoms with Crippen LogP contribution < -0.4 is 10.6 Å². The number of rotatable bonds is 5. The van der Waals surface area contributed by atoms with Gasteiger partial charge in [-0.25, -0.2) is 13.5 Å². The maximum absolute atomic E-state index is 14.4. The van der Waals surface area contributed by atoms with Crippen LogP contribution in [0.5, 0.6) is 0 Å². The summed E-state index contributed by atoms with van der Waals surface area (Å²) in [6.07, 6.45) is 6.61. The van der Waals surface area contributed by atoms with Crippen molar-refractivity contribution >= 4 is 18.3 Å². The van der Waals surface area contributed by atoms with E-state index in [0.717, 1.165) is 38.8 Å². The third kappa shape index (κ3) is 4.43. The van der Waals surface area contributed by atoms with Crippen molar-refractivity contribution in [1.29, 1.82) is 0 Å². The molecular weight excluding hydrogens is 400 g/mol. The van der Waals surface area contributed by atoms with Gasteiger partial charge in [-0.2, -0.15) is 0 Å². The Kier molecular flexibility index (Phi) is 6.85. The molecule has 0 atom stereocenters. The number of carbonyl (C=O) groups excluding carboxylic acids is 1. The number of amides is 1. The SMILES string of the molecule is Cl.O=C(NCC1(c2c(F)cccc2F)CCCC1)c1cn(C2CCNCC2)nn1. The van der Waals surface area contributed by atoms with Gasteiger partial charge < -0.3 is 10.6 Å². The van der Waals surface area contributed by atoms with Crippen LogP contribution in [-0.4, -0.2) is 40.5 Å². The highest BCUT2D eigenvalue weighted by atomic mass is 35.5. The van der Waals surface area contributed by atoms with Crippen LogP contribution in [0.4, 0.5) is 8.78 Å². The zero-order valence-electron chi connectivity index (χ0n) is 16.2. The molecule has 0 radical (unpaired) electrons. The minimum atomic E-state index is -0.712. The molecule has 1 saturated carbocycles. The quantitative estimate of drug-likeness (QED) is 0.772. The van der Waals surface area contributed by atoms with E-state index in [2.05, 4.69) is 20.9 Å². The molecular formula is C20H26ClF2N5O. The van der Waals surface area contributed by atoms with Crippen molar-refractivity contribution in [2.24, 2.45) is 0 Å². The minimum absolute atomic E-state index is 0. The first-order valence-electron chi connectivity index (χ1n) is 9.94. The van der Waals surface area contributed by atoms with Crippen LogP contribution in [0.1, 0.15) is 60.6 Å². The first-order valence-corrected chi connectivity index (χ1v) is 9.94. The average molecular weight is 426 g/mol. The fourth-order valence-corrected chi connectivity index (χ4v) is 4.54. The molecule has 2 N–H and O–H groups in total. The molecule has 0 unspecified atom stereocenters. The summed E-state index contributed by atoms with van der Waals surface area (Å²) in [5.74, 6) is -1.45. The van der Waals surface area contributed by atoms with Crippen molar-refractivity contribution in [2.75, 3.05) is 19.6 Å². The van der Waals surface area contributed by atoms with E-state index in [4.69, 9.17) is 0 Å². The van der Waals surface area contributed by atoms with Gasteiger partial charge in [-0.1, -0.05) is 24.1 Å². The fraction of sp³-hybridized carbons (Fsp3) is 0.550. The van der Waals surface area contributed by atoms with Gasteiger partial charge in [0.1, 0.15) is 11.6 Å². The van der Waals surface area contributed by atoms with E-state index in [1.54, 1.807) is 10.9 Å². The van der Waals surface area contributed by atoms with Crippen molar-refractivity contribution in [3.05, 3.63) is 47.3 Å². The van der Waals surface area contributed by atoms with E-state index in [9.17, 15) is 13.6 Å². The van der Waals surface area contributed by atoms with Crippen molar-refractivity contribution in [3.8, 4) is 0 Å². The van der Waals surface area contributed by atoms with Crippen LogP contribution in [0.3, 0.4) is 0 Å². The van der Waals surface area contributed by atoms with E-state index >= 15 is 0 Å². The van der Waals surface area contributed by atoms with Gasteiger partial charge in [0.05, 0.1) is 12.2 Å². The van der Waals surface area contributed by atoms with E-state index in [1.807, 2.05) is 0 Å². The zero-order chi connectivity index (χ0) is 19.6. The Balaban J connectivity index is 0.00000240. The third-order valence-corrected chi connectivity index (χ3v) is 6.07. The van der Waals surface area contributed by atoms with E-state index in [1.165, 1.54) is 18.2 Å². The average Bonchev–Trinajstić information content (AvgIpc) is 3.37. The topological polar surface area (TPSA) is 71.8 Å². The first kappa shape index (κ1) is 21.6. The van der Waals surface area contributed by atoms with Gasteiger partial charge in [0.25, 0.3) is 5.91 Å². The van der Waals surface area contributed by atoms with Crippen molar-refractivity contribution in [3.63, 3.8) is 0 Å². The Labute approximate surface area is 174 Å². The Bertz CT molecular complexity index is 827. The molecule has 1 aromatic carbocycles. The Hall–Kier alpha value is -2.06. The number of benzene rings is 1. The van der Waals surface area contributed by atoms with E-state index in [0.29, 0.717) is 12.8 Å². The van der Waals surface area contributed by atoms with Crippen LogP contribution in [0, 0.1) is 11.6 Å². The standard InChI is InChI=1S/C20H25F2N5O.ClH/c21-15-4-3-5-16(22)18(15)20(8-1-2-9-20)13-24-19(28)17-12-27(26-25-17)14-6-10-23-11-7-14;/h3-5,12,14,23H,1-2,6-11,13H2,(H,24,28);1H. The Morgan fingerprint density at radius 1 is 1.21 bits per heavy atom. The molecule has 9 heteroatoms. The molecule has 158 valence electrons. The summed E-state index contributed by atoms with van der Waals surface area (Å²) >= 11 is 0. The largest absolute Gasteiger partial charge is 0.350 e. The number of nitrogens with one attached hydrogen (secondary N) is 2. The number of hydrogen-bond acceptors (Lipinski definition) is 4. The summed E-state index contributed by atoms with van der Waals surface area (Å²) in [7, 11) is 0. The number of carbonyl (C=O) groups is 1. The van der Waals surface area contributed by atoms with Gasteiger partial charge in [-0.15, -0.1) is 17.5 Å². The molecule has 6 nitrogen and oxygen atoms in total. The lowest BCUT2D eigenvalue weighted by atomic mass is 9.78. The number of aromatic nitrogens is 3. The van der Waals surface area contributed by atoms with E-state index < -0.39 is 17.0 Å². The molecule has 2 aliphatic rings. The molecule has 1 aliphatic carbocycles. The lowest BCUT2D eigenvalue weighted by Crippen LogP contribution is -2.40. The van der Waals surface area contributed by atoms with Gasteiger partial charge in [0, 0.05) is 17.5 Å². The van der Waals surface area contributed by atoms with Gasteiger partial charge in [0.15, 0.2) is 5.69 Å². The monoisotopic (exact) mass is 425 g/mol. The highest BCUT2D eigenvalue weighted by Crippen LogP contribution is 2.42. The number of nitrogens with zero attached hydrogens (tertiary/aromatic N) is 3. The highest BCUT2D eigenvalue weighted by Gasteiger charge is 2.40. The lowest BCUT2D eigenvalue weighted by Gasteiger charge is -2.30. The number of halogens is 3. The van der Waals surface area contributed by atoms with Crippen LogP contribution in [0.15, 0.2) is 24.4 Å².